The molecule has 0 aliphatic heterocycles. The number of rotatable bonds is 5. The minimum atomic E-state index is -3.74. The van der Waals surface area contributed by atoms with Crippen LogP contribution in [-0.2, 0) is 10.0 Å². The van der Waals surface area contributed by atoms with Crippen LogP contribution in [-0.4, -0.2) is 26.2 Å². The van der Waals surface area contributed by atoms with Crippen LogP contribution in [0.2, 0.25) is 0 Å². The van der Waals surface area contributed by atoms with E-state index in [0.717, 1.165) is 12.1 Å². The quantitative estimate of drug-likeness (QED) is 0.860. The number of hydrogen-bond donors (Lipinski definition) is 2. The SMILES string of the molecule is CC(CO)C(C)NS(=O)(=O)c1ccc(F)cc1Br. The third-order valence-corrected chi connectivity index (χ3v) is 5.20. The molecular weight excluding hydrogens is 325 g/mol. The first-order valence-corrected chi connectivity index (χ1v) is 7.63. The fraction of sp³-hybridized carbons (Fsp3) is 0.455. The molecule has 102 valence electrons. The molecule has 7 heteroatoms. The van der Waals surface area contributed by atoms with Gasteiger partial charge in [-0.05, 0) is 47.0 Å². The summed E-state index contributed by atoms with van der Waals surface area (Å²) in [6, 6.07) is 2.95. The summed E-state index contributed by atoms with van der Waals surface area (Å²) in [4.78, 5) is -0.0270. The van der Waals surface area contributed by atoms with Gasteiger partial charge in [0.05, 0.1) is 4.90 Å². The van der Waals surface area contributed by atoms with Gasteiger partial charge in [-0.3, -0.25) is 0 Å². The number of benzene rings is 1. The Bertz CT molecular complexity index is 521. The number of halogens is 2. The van der Waals surface area contributed by atoms with E-state index in [1.54, 1.807) is 13.8 Å². The van der Waals surface area contributed by atoms with E-state index in [4.69, 9.17) is 5.11 Å². The first-order valence-electron chi connectivity index (χ1n) is 5.36. The number of hydrogen-bond acceptors (Lipinski definition) is 3. The minimum absolute atomic E-state index is 0.0270. The molecule has 0 heterocycles. The Balaban J connectivity index is 3.00. The van der Waals surface area contributed by atoms with Crippen LogP contribution in [0.3, 0.4) is 0 Å². The predicted octanol–water partition coefficient (Wildman–Crippen LogP) is 1.88. The molecule has 4 nitrogen and oxygen atoms in total. The number of nitrogens with one attached hydrogen (secondary N) is 1. The zero-order valence-corrected chi connectivity index (χ0v) is 12.4. The van der Waals surface area contributed by atoms with Crippen molar-refractivity contribution in [1.82, 2.24) is 4.72 Å². The molecule has 2 N–H and O–H groups in total. The molecule has 0 amide bonds. The van der Waals surface area contributed by atoms with Gasteiger partial charge in [-0.2, -0.15) is 0 Å². The Hall–Kier alpha value is -0.500. The minimum Gasteiger partial charge on any atom is -0.396 e. The maximum atomic E-state index is 12.9. The molecule has 1 aromatic rings. The van der Waals surface area contributed by atoms with Gasteiger partial charge < -0.3 is 5.11 Å². The topological polar surface area (TPSA) is 66.4 Å². The van der Waals surface area contributed by atoms with Crippen molar-refractivity contribution in [3.8, 4) is 0 Å². The maximum Gasteiger partial charge on any atom is 0.241 e. The van der Waals surface area contributed by atoms with Gasteiger partial charge >= 0.3 is 0 Å². The highest BCUT2D eigenvalue weighted by molar-refractivity contribution is 9.10. The summed E-state index contributed by atoms with van der Waals surface area (Å²) in [5.74, 6) is -0.725. The second kappa shape index (κ2) is 6.10. The van der Waals surface area contributed by atoms with Crippen molar-refractivity contribution in [2.24, 2.45) is 5.92 Å². The van der Waals surface area contributed by atoms with Crippen LogP contribution in [0, 0.1) is 11.7 Å². The van der Waals surface area contributed by atoms with Gasteiger partial charge in [-0.1, -0.05) is 6.92 Å². The van der Waals surface area contributed by atoms with E-state index in [1.807, 2.05) is 0 Å². The molecule has 2 atom stereocenters. The summed E-state index contributed by atoms with van der Waals surface area (Å²) in [7, 11) is -3.74. The van der Waals surface area contributed by atoms with Crippen molar-refractivity contribution in [3.05, 3.63) is 28.5 Å². The van der Waals surface area contributed by atoms with E-state index < -0.39 is 21.9 Å². The van der Waals surface area contributed by atoms with Crippen molar-refractivity contribution >= 4 is 26.0 Å². The summed E-state index contributed by atoms with van der Waals surface area (Å²) >= 11 is 3.02. The molecule has 0 fully saturated rings. The van der Waals surface area contributed by atoms with Gasteiger partial charge in [0, 0.05) is 17.1 Å². The Morgan fingerprint density at radius 3 is 2.56 bits per heavy atom. The lowest BCUT2D eigenvalue weighted by atomic mass is 10.1. The smallest absolute Gasteiger partial charge is 0.241 e. The monoisotopic (exact) mass is 339 g/mol. The average Bonchev–Trinajstić information content (AvgIpc) is 2.26. The number of aliphatic hydroxyl groups excluding tert-OH is 1. The highest BCUT2D eigenvalue weighted by Gasteiger charge is 2.22. The Labute approximate surface area is 114 Å². The third-order valence-electron chi connectivity index (χ3n) is 2.67. The molecule has 2 unspecified atom stereocenters. The molecule has 0 aromatic heterocycles. The van der Waals surface area contributed by atoms with E-state index in [2.05, 4.69) is 20.7 Å². The van der Waals surface area contributed by atoms with Crippen LogP contribution in [0.15, 0.2) is 27.6 Å². The summed E-state index contributed by atoms with van der Waals surface area (Å²) < 4.78 is 39.6. The fourth-order valence-electron chi connectivity index (χ4n) is 1.28. The highest BCUT2D eigenvalue weighted by Crippen LogP contribution is 2.23. The van der Waals surface area contributed by atoms with Crippen molar-refractivity contribution in [2.75, 3.05) is 6.61 Å². The molecule has 1 rings (SSSR count). The van der Waals surface area contributed by atoms with Gasteiger partial charge in [-0.25, -0.2) is 17.5 Å². The van der Waals surface area contributed by atoms with Crippen molar-refractivity contribution in [3.63, 3.8) is 0 Å². The van der Waals surface area contributed by atoms with Gasteiger partial charge in [0.2, 0.25) is 10.0 Å². The summed E-state index contributed by atoms with van der Waals surface area (Å²) in [5.41, 5.74) is 0. The molecule has 0 spiro atoms. The molecule has 18 heavy (non-hydrogen) atoms. The molecule has 0 bridgehead atoms. The first-order chi connectivity index (χ1) is 8.27. The Kier molecular flexibility index (Phi) is 5.27. The maximum absolute atomic E-state index is 12.9. The van der Waals surface area contributed by atoms with E-state index in [0.29, 0.717) is 0 Å². The second-order valence-corrected chi connectivity index (χ2v) is 6.68. The largest absolute Gasteiger partial charge is 0.396 e. The molecule has 0 saturated heterocycles. The van der Waals surface area contributed by atoms with Crippen molar-refractivity contribution < 1.29 is 17.9 Å². The molecule has 0 aliphatic carbocycles. The van der Waals surface area contributed by atoms with Gasteiger partial charge in [0.15, 0.2) is 0 Å². The molecule has 1 aromatic carbocycles. The highest BCUT2D eigenvalue weighted by atomic mass is 79.9. The van der Waals surface area contributed by atoms with Gasteiger partial charge in [-0.15, -0.1) is 0 Å². The number of sulfonamides is 1. The Morgan fingerprint density at radius 1 is 1.44 bits per heavy atom. The summed E-state index contributed by atoms with van der Waals surface area (Å²) in [6.07, 6.45) is 0. The van der Waals surface area contributed by atoms with Crippen LogP contribution in [0.5, 0.6) is 0 Å². The van der Waals surface area contributed by atoms with Crippen LogP contribution in [0.25, 0.3) is 0 Å². The lowest BCUT2D eigenvalue weighted by molar-refractivity contribution is 0.216. The normalized spacial score (nSPS) is 15.4. The lowest BCUT2D eigenvalue weighted by Crippen LogP contribution is -2.38. The number of aliphatic hydroxyl groups is 1. The van der Waals surface area contributed by atoms with Crippen LogP contribution in [0.1, 0.15) is 13.8 Å². The van der Waals surface area contributed by atoms with Crippen molar-refractivity contribution in [2.45, 2.75) is 24.8 Å². The fourth-order valence-corrected chi connectivity index (χ4v) is 3.68. The second-order valence-electron chi connectivity index (χ2n) is 4.14. The Morgan fingerprint density at radius 2 is 2.06 bits per heavy atom. The summed E-state index contributed by atoms with van der Waals surface area (Å²) in [6.45, 7) is 3.27. The van der Waals surface area contributed by atoms with E-state index in [-0.39, 0.29) is 21.9 Å². The van der Waals surface area contributed by atoms with E-state index in [9.17, 15) is 12.8 Å². The zero-order chi connectivity index (χ0) is 13.9. The molecule has 0 aliphatic rings. The van der Waals surface area contributed by atoms with Gasteiger partial charge in [0.1, 0.15) is 5.82 Å². The van der Waals surface area contributed by atoms with E-state index >= 15 is 0 Å². The molecule has 0 saturated carbocycles. The van der Waals surface area contributed by atoms with Crippen molar-refractivity contribution in [1.29, 1.82) is 0 Å². The zero-order valence-electron chi connectivity index (χ0n) is 10.0. The van der Waals surface area contributed by atoms with E-state index in [1.165, 1.54) is 6.07 Å². The van der Waals surface area contributed by atoms with Crippen LogP contribution >= 0.6 is 15.9 Å². The predicted molar refractivity (Wildman–Crippen MR) is 70.1 cm³/mol. The lowest BCUT2D eigenvalue weighted by Gasteiger charge is -2.19. The average molecular weight is 340 g/mol. The first kappa shape index (κ1) is 15.6. The molecule has 0 radical (unpaired) electrons. The third kappa shape index (κ3) is 3.74. The van der Waals surface area contributed by atoms with Crippen LogP contribution in [0.4, 0.5) is 4.39 Å². The summed E-state index contributed by atoms with van der Waals surface area (Å²) in [5, 5.41) is 8.97. The standard InChI is InChI=1S/C11H15BrFNO3S/c1-7(6-15)8(2)14-18(16,17)11-4-3-9(13)5-10(11)12/h3-5,7-8,14-15H,6H2,1-2H3. The van der Waals surface area contributed by atoms with Crippen LogP contribution < -0.4 is 4.72 Å². The molecular formula is C11H15BrFNO3S. The van der Waals surface area contributed by atoms with Gasteiger partial charge in [0.25, 0.3) is 0 Å².